The number of carbonyl (C=O) groups excluding carboxylic acids is 2. The number of carbonyl (C=O) groups is 2. The fourth-order valence-corrected chi connectivity index (χ4v) is 3.79. The Labute approximate surface area is 184 Å². The third-order valence-corrected chi connectivity index (χ3v) is 5.33. The zero-order chi connectivity index (χ0) is 22.8. The van der Waals surface area contributed by atoms with Crippen LogP contribution in [0.4, 0.5) is 10.1 Å². The van der Waals surface area contributed by atoms with Crippen LogP contribution in [0.15, 0.2) is 78.4 Å². The quantitative estimate of drug-likeness (QED) is 0.365. The number of hydrogen-bond donors (Lipinski definition) is 1. The molecule has 1 amide bonds. The number of para-hydroxylation sites is 1. The molecule has 0 bridgehead atoms. The minimum atomic E-state index is -0.964. The summed E-state index contributed by atoms with van der Waals surface area (Å²) in [5, 5.41) is 11.3. The molecule has 3 aromatic carbocycles. The first-order valence-electron chi connectivity index (χ1n) is 9.80. The van der Waals surface area contributed by atoms with E-state index >= 15 is 0 Å². The van der Waals surface area contributed by atoms with Gasteiger partial charge in [0.15, 0.2) is 0 Å². The Balaban J connectivity index is 1.98. The van der Waals surface area contributed by atoms with Gasteiger partial charge in [-0.2, -0.15) is 0 Å². The lowest BCUT2D eigenvalue weighted by Gasteiger charge is -2.25. The second-order valence-electron chi connectivity index (χ2n) is 7.12. The van der Waals surface area contributed by atoms with Crippen molar-refractivity contribution in [1.82, 2.24) is 0 Å². The molecular formula is C25H20FNO5. The van der Waals surface area contributed by atoms with Crippen LogP contribution in [0.3, 0.4) is 0 Å². The maximum absolute atomic E-state index is 13.6. The number of aliphatic hydroxyl groups is 1. The van der Waals surface area contributed by atoms with Gasteiger partial charge in [0.05, 0.1) is 31.4 Å². The molecule has 0 radical (unpaired) electrons. The highest BCUT2D eigenvalue weighted by atomic mass is 19.1. The predicted octanol–water partition coefficient (Wildman–Crippen LogP) is 4.47. The van der Waals surface area contributed by atoms with E-state index in [2.05, 4.69) is 0 Å². The molecule has 1 heterocycles. The summed E-state index contributed by atoms with van der Waals surface area (Å²) in [5.74, 6) is -1.79. The minimum Gasteiger partial charge on any atom is -0.507 e. The van der Waals surface area contributed by atoms with Crippen molar-refractivity contribution in [2.45, 2.75) is 6.04 Å². The van der Waals surface area contributed by atoms with Gasteiger partial charge in [0.2, 0.25) is 0 Å². The van der Waals surface area contributed by atoms with Crippen molar-refractivity contribution in [2.75, 3.05) is 19.1 Å². The van der Waals surface area contributed by atoms with E-state index < -0.39 is 29.3 Å². The first-order chi connectivity index (χ1) is 15.5. The zero-order valence-corrected chi connectivity index (χ0v) is 17.4. The molecule has 1 atom stereocenters. The van der Waals surface area contributed by atoms with Crippen LogP contribution in [0.1, 0.15) is 17.2 Å². The second-order valence-corrected chi connectivity index (χ2v) is 7.12. The van der Waals surface area contributed by atoms with Crippen molar-refractivity contribution in [3.05, 3.63) is 95.3 Å². The molecule has 4 rings (SSSR count). The van der Waals surface area contributed by atoms with Crippen LogP contribution in [0, 0.1) is 5.82 Å². The van der Waals surface area contributed by atoms with Crippen LogP contribution in [-0.4, -0.2) is 31.0 Å². The normalized spacial score (nSPS) is 17.5. The maximum Gasteiger partial charge on any atom is 0.300 e. The zero-order valence-electron chi connectivity index (χ0n) is 17.4. The van der Waals surface area contributed by atoms with Crippen LogP contribution in [-0.2, 0) is 9.59 Å². The fourth-order valence-electron chi connectivity index (χ4n) is 3.79. The van der Waals surface area contributed by atoms with Gasteiger partial charge in [0, 0.05) is 5.69 Å². The highest BCUT2D eigenvalue weighted by Crippen LogP contribution is 2.43. The van der Waals surface area contributed by atoms with Crippen LogP contribution in [0.2, 0.25) is 0 Å². The van der Waals surface area contributed by atoms with E-state index in [4.69, 9.17) is 9.47 Å². The smallest absolute Gasteiger partial charge is 0.300 e. The highest BCUT2D eigenvalue weighted by Gasteiger charge is 2.47. The van der Waals surface area contributed by atoms with E-state index in [1.165, 1.54) is 49.5 Å². The third-order valence-electron chi connectivity index (χ3n) is 5.33. The van der Waals surface area contributed by atoms with Crippen LogP contribution in [0.5, 0.6) is 11.5 Å². The van der Waals surface area contributed by atoms with Gasteiger partial charge < -0.3 is 14.6 Å². The number of ketones is 1. The summed E-state index contributed by atoms with van der Waals surface area (Å²) >= 11 is 0. The van der Waals surface area contributed by atoms with Gasteiger partial charge >= 0.3 is 0 Å². The van der Waals surface area contributed by atoms with Crippen molar-refractivity contribution in [3.63, 3.8) is 0 Å². The summed E-state index contributed by atoms with van der Waals surface area (Å²) in [5.41, 5.74) is 1.01. The van der Waals surface area contributed by atoms with E-state index in [0.717, 1.165) is 0 Å². The van der Waals surface area contributed by atoms with Gasteiger partial charge in [-0.05, 0) is 48.0 Å². The number of halogens is 1. The van der Waals surface area contributed by atoms with Gasteiger partial charge in [-0.1, -0.05) is 30.3 Å². The number of anilines is 1. The van der Waals surface area contributed by atoms with Gasteiger partial charge in [-0.25, -0.2) is 4.39 Å². The SMILES string of the molecule is COc1ccc(OC)c(/C(O)=C2\C(=O)C(=O)N(c3ccccc3)C2c2ccc(F)cc2)c1. The number of hydrogen-bond acceptors (Lipinski definition) is 5. The number of nitrogens with zero attached hydrogens (tertiary/aromatic N) is 1. The molecule has 0 saturated carbocycles. The summed E-state index contributed by atoms with van der Waals surface area (Å²) in [6, 6.07) is 17.9. The van der Waals surface area contributed by atoms with Crippen molar-refractivity contribution in [2.24, 2.45) is 0 Å². The van der Waals surface area contributed by atoms with Crippen molar-refractivity contribution in [1.29, 1.82) is 0 Å². The lowest BCUT2D eigenvalue weighted by atomic mass is 9.94. The van der Waals surface area contributed by atoms with E-state index in [9.17, 15) is 19.1 Å². The Kier molecular flexibility index (Phi) is 5.64. The lowest BCUT2D eigenvalue weighted by molar-refractivity contribution is -0.132. The largest absolute Gasteiger partial charge is 0.507 e. The van der Waals surface area contributed by atoms with Gasteiger partial charge in [0.25, 0.3) is 11.7 Å². The average Bonchev–Trinajstić information content (AvgIpc) is 3.09. The Morgan fingerprint density at radius 2 is 1.62 bits per heavy atom. The average molecular weight is 433 g/mol. The summed E-state index contributed by atoms with van der Waals surface area (Å²) in [4.78, 5) is 27.5. The molecule has 162 valence electrons. The summed E-state index contributed by atoms with van der Waals surface area (Å²) in [6.07, 6.45) is 0. The molecule has 32 heavy (non-hydrogen) atoms. The summed E-state index contributed by atoms with van der Waals surface area (Å²) in [6.45, 7) is 0. The van der Waals surface area contributed by atoms with E-state index in [1.807, 2.05) is 0 Å². The highest BCUT2D eigenvalue weighted by molar-refractivity contribution is 6.51. The first kappa shape index (κ1) is 21.1. The summed E-state index contributed by atoms with van der Waals surface area (Å²) in [7, 11) is 2.90. The molecule has 1 aliphatic heterocycles. The number of rotatable bonds is 5. The molecule has 6 nitrogen and oxygen atoms in total. The van der Waals surface area contributed by atoms with Gasteiger partial charge in [-0.15, -0.1) is 0 Å². The molecule has 0 aliphatic carbocycles. The van der Waals surface area contributed by atoms with Crippen LogP contribution in [0.25, 0.3) is 5.76 Å². The monoisotopic (exact) mass is 433 g/mol. The topological polar surface area (TPSA) is 76.1 Å². The standard InChI is InChI=1S/C25H20FNO5/c1-31-18-12-13-20(32-2)19(14-18)23(28)21-22(15-8-10-16(26)11-9-15)27(25(30)24(21)29)17-6-4-3-5-7-17/h3-14,22,28H,1-2H3/b23-21+. The predicted molar refractivity (Wildman–Crippen MR) is 117 cm³/mol. The Morgan fingerprint density at radius 1 is 0.938 bits per heavy atom. The number of aliphatic hydroxyl groups excluding tert-OH is 1. The van der Waals surface area contributed by atoms with E-state index in [0.29, 0.717) is 22.7 Å². The fraction of sp³-hybridized carbons (Fsp3) is 0.120. The van der Waals surface area contributed by atoms with Crippen molar-refractivity contribution >= 4 is 23.1 Å². The Hall–Kier alpha value is -4.13. The number of amides is 1. The maximum atomic E-state index is 13.6. The number of benzene rings is 3. The molecular weight excluding hydrogens is 413 g/mol. The van der Waals surface area contributed by atoms with Crippen LogP contribution >= 0.6 is 0 Å². The second kappa shape index (κ2) is 8.55. The molecule has 0 aromatic heterocycles. The van der Waals surface area contributed by atoms with E-state index in [-0.39, 0.29) is 11.1 Å². The number of Topliss-reactive ketones (excluding diaryl/α,β-unsaturated/α-hetero) is 1. The lowest BCUT2D eigenvalue weighted by Crippen LogP contribution is -2.29. The first-order valence-corrected chi connectivity index (χ1v) is 9.80. The third kappa shape index (κ3) is 3.58. The molecule has 1 aliphatic rings. The molecule has 0 spiro atoms. The molecule has 3 aromatic rings. The molecule has 1 N–H and O–H groups in total. The molecule has 7 heteroatoms. The van der Waals surface area contributed by atoms with Crippen LogP contribution < -0.4 is 14.4 Å². The van der Waals surface area contributed by atoms with E-state index in [1.54, 1.807) is 42.5 Å². The van der Waals surface area contributed by atoms with Crippen molar-refractivity contribution < 1.29 is 28.6 Å². The molecule has 1 saturated heterocycles. The van der Waals surface area contributed by atoms with Gasteiger partial charge in [0.1, 0.15) is 23.1 Å². The number of methoxy groups -OCH3 is 2. The summed E-state index contributed by atoms with van der Waals surface area (Å²) < 4.78 is 24.2. The van der Waals surface area contributed by atoms with Gasteiger partial charge in [-0.3, -0.25) is 14.5 Å². The Bertz CT molecular complexity index is 1200. The minimum absolute atomic E-state index is 0.128. The Morgan fingerprint density at radius 3 is 2.25 bits per heavy atom. The van der Waals surface area contributed by atoms with Crippen molar-refractivity contribution in [3.8, 4) is 11.5 Å². The number of ether oxygens (including phenoxy) is 2. The molecule has 1 fully saturated rings. The molecule has 1 unspecified atom stereocenters.